The molecule has 0 bridgehead atoms. The molecule has 2 aliphatic heterocycles. The molecule has 1 atom stereocenters. The Hall–Kier alpha value is -1.84. The summed E-state index contributed by atoms with van der Waals surface area (Å²) >= 11 is 2.16. The number of benzene rings is 1. The number of nitrogens with one attached hydrogen (secondary N) is 1. The van der Waals surface area contributed by atoms with Gasteiger partial charge in [0.25, 0.3) is 0 Å². The quantitative estimate of drug-likeness (QED) is 0.685. The van der Waals surface area contributed by atoms with Crippen LogP contribution < -0.4 is 4.90 Å². The second-order valence-electron chi connectivity index (χ2n) is 6.19. The first-order valence-corrected chi connectivity index (χ1v) is 8.51. The van der Waals surface area contributed by atoms with E-state index >= 15 is 0 Å². The summed E-state index contributed by atoms with van der Waals surface area (Å²) in [6.45, 7) is 1.38. The van der Waals surface area contributed by atoms with E-state index in [1.807, 2.05) is 18.2 Å². The number of hydrogen-bond acceptors (Lipinski definition) is 3. The van der Waals surface area contributed by atoms with Crippen molar-refractivity contribution in [1.29, 1.82) is 0 Å². The van der Waals surface area contributed by atoms with E-state index in [0.717, 1.165) is 20.3 Å². The Morgan fingerprint density at radius 2 is 2.13 bits per heavy atom. The molecule has 23 heavy (non-hydrogen) atoms. The van der Waals surface area contributed by atoms with Crippen LogP contribution in [-0.4, -0.2) is 51.8 Å². The summed E-state index contributed by atoms with van der Waals surface area (Å²) in [5, 5.41) is 17.3. The molecule has 3 heterocycles. The van der Waals surface area contributed by atoms with Gasteiger partial charge >= 0.3 is 6.09 Å². The predicted octanol–water partition coefficient (Wildman–Crippen LogP) is 2.27. The number of fused-ring (bicyclic) bond motifs is 1. The van der Waals surface area contributed by atoms with Crippen LogP contribution in [0.1, 0.15) is 12.8 Å². The number of carbonyl (C=O) groups excluding carboxylic acids is 1. The smallest absolute Gasteiger partial charge is 0.407 e. The topological polar surface area (TPSA) is 89.5 Å². The van der Waals surface area contributed by atoms with Gasteiger partial charge in [-0.15, -0.1) is 0 Å². The van der Waals surface area contributed by atoms with Gasteiger partial charge in [0.05, 0.1) is 10.9 Å². The molecule has 0 saturated carbocycles. The molecule has 0 aliphatic carbocycles. The van der Waals surface area contributed by atoms with Gasteiger partial charge in [-0.1, -0.05) is 0 Å². The molecule has 1 aromatic heterocycles. The fourth-order valence-corrected chi connectivity index (χ4v) is 4.19. The number of halogens is 1. The van der Waals surface area contributed by atoms with Crippen molar-refractivity contribution in [2.45, 2.75) is 12.8 Å². The molecular formula is C15H15IN4O3. The van der Waals surface area contributed by atoms with Gasteiger partial charge < -0.3 is 14.9 Å². The van der Waals surface area contributed by atoms with E-state index in [-0.39, 0.29) is 5.91 Å². The van der Waals surface area contributed by atoms with Crippen LogP contribution >= 0.6 is 22.6 Å². The third kappa shape index (κ3) is 2.19. The van der Waals surface area contributed by atoms with E-state index in [2.05, 4.69) is 32.8 Å². The van der Waals surface area contributed by atoms with Gasteiger partial charge in [-0.2, -0.15) is 5.10 Å². The van der Waals surface area contributed by atoms with Gasteiger partial charge in [0.2, 0.25) is 5.91 Å². The van der Waals surface area contributed by atoms with Gasteiger partial charge in [-0.3, -0.25) is 9.89 Å². The predicted molar refractivity (Wildman–Crippen MR) is 92.4 cm³/mol. The van der Waals surface area contributed by atoms with Crippen molar-refractivity contribution < 1.29 is 14.7 Å². The third-order valence-corrected chi connectivity index (χ3v) is 5.77. The lowest BCUT2D eigenvalue weighted by Crippen LogP contribution is -2.38. The zero-order valence-electron chi connectivity index (χ0n) is 12.3. The zero-order valence-corrected chi connectivity index (χ0v) is 14.4. The molecule has 8 heteroatoms. The van der Waals surface area contributed by atoms with E-state index < -0.39 is 11.5 Å². The summed E-state index contributed by atoms with van der Waals surface area (Å²) in [5.41, 5.74) is 1.25. The summed E-state index contributed by atoms with van der Waals surface area (Å²) in [6.07, 6.45) is 0.374. The van der Waals surface area contributed by atoms with Crippen LogP contribution in [0.3, 0.4) is 0 Å². The molecule has 2 saturated heterocycles. The van der Waals surface area contributed by atoms with Crippen LogP contribution in [0.25, 0.3) is 10.9 Å². The standard InChI is InChI=1S/C15H15IN4O3/c16-12-10-7-9(1-2-11(10)17-18-12)20-6-4-15(13(20)21)3-5-19(8-15)14(22)23/h1-2,7H,3-6,8H2,(H,17,18)(H,22,23)/t15-/m0/s1. The molecule has 2 fully saturated rings. The maximum atomic E-state index is 12.9. The Labute approximate surface area is 145 Å². The Morgan fingerprint density at radius 1 is 1.35 bits per heavy atom. The lowest BCUT2D eigenvalue weighted by atomic mass is 9.85. The molecule has 1 spiro atoms. The van der Waals surface area contributed by atoms with E-state index in [1.165, 1.54) is 4.90 Å². The minimum atomic E-state index is -0.942. The van der Waals surface area contributed by atoms with Crippen molar-refractivity contribution in [2.75, 3.05) is 24.5 Å². The Morgan fingerprint density at radius 3 is 2.87 bits per heavy atom. The minimum absolute atomic E-state index is 0.0408. The van der Waals surface area contributed by atoms with E-state index in [0.29, 0.717) is 32.5 Å². The molecule has 2 aliphatic rings. The normalized spacial score (nSPS) is 24.3. The molecule has 7 nitrogen and oxygen atoms in total. The minimum Gasteiger partial charge on any atom is -0.465 e. The fraction of sp³-hybridized carbons (Fsp3) is 0.400. The molecule has 1 aromatic carbocycles. The summed E-state index contributed by atoms with van der Waals surface area (Å²) in [6, 6.07) is 5.81. The average Bonchev–Trinajstić information content (AvgIpc) is 3.21. The number of anilines is 1. The zero-order chi connectivity index (χ0) is 16.2. The highest BCUT2D eigenvalue weighted by atomic mass is 127. The second kappa shape index (κ2) is 5.08. The van der Waals surface area contributed by atoms with Crippen molar-refractivity contribution in [3.05, 3.63) is 21.9 Å². The number of amides is 2. The summed E-state index contributed by atoms with van der Waals surface area (Å²) < 4.78 is 0.874. The number of likely N-dealkylation sites (tertiary alicyclic amines) is 1. The number of rotatable bonds is 1. The van der Waals surface area contributed by atoms with E-state index in [1.54, 1.807) is 4.90 Å². The first-order valence-electron chi connectivity index (χ1n) is 7.44. The van der Waals surface area contributed by atoms with Crippen molar-refractivity contribution in [2.24, 2.45) is 5.41 Å². The van der Waals surface area contributed by atoms with Crippen LogP contribution in [-0.2, 0) is 4.79 Å². The molecule has 0 unspecified atom stereocenters. The fourth-order valence-electron chi connectivity index (χ4n) is 3.62. The van der Waals surface area contributed by atoms with Crippen LogP contribution in [0.2, 0.25) is 0 Å². The average molecular weight is 426 g/mol. The third-order valence-electron chi connectivity index (χ3n) is 4.95. The van der Waals surface area contributed by atoms with Crippen molar-refractivity contribution >= 4 is 51.2 Å². The van der Waals surface area contributed by atoms with Crippen molar-refractivity contribution in [3.63, 3.8) is 0 Å². The highest BCUT2D eigenvalue weighted by Crippen LogP contribution is 2.42. The van der Waals surface area contributed by atoms with E-state index in [4.69, 9.17) is 5.11 Å². The molecule has 2 aromatic rings. The molecule has 120 valence electrons. The highest BCUT2D eigenvalue weighted by Gasteiger charge is 2.52. The summed E-state index contributed by atoms with van der Waals surface area (Å²) in [4.78, 5) is 27.2. The number of nitrogens with zero attached hydrogens (tertiary/aromatic N) is 3. The van der Waals surface area contributed by atoms with Gasteiger partial charge in [0, 0.05) is 30.7 Å². The summed E-state index contributed by atoms with van der Waals surface area (Å²) in [5.74, 6) is 0.0408. The molecule has 2 amide bonds. The second-order valence-corrected chi connectivity index (χ2v) is 7.21. The van der Waals surface area contributed by atoms with Gasteiger partial charge in [0.1, 0.15) is 3.70 Å². The Bertz CT molecular complexity index is 820. The van der Waals surface area contributed by atoms with Crippen LogP contribution in [0.5, 0.6) is 0 Å². The SMILES string of the molecule is O=C(O)N1CC[C@]2(CCN(c3ccc4[nH]nc(I)c4c3)C2=O)C1. The van der Waals surface area contributed by atoms with E-state index in [9.17, 15) is 9.59 Å². The number of carbonyl (C=O) groups is 2. The number of hydrogen-bond donors (Lipinski definition) is 2. The number of H-pyrrole nitrogens is 1. The van der Waals surface area contributed by atoms with Gasteiger partial charge in [0.15, 0.2) is 0 Å². The number of aromatic nitrogens is 2. The molecule has 4 rings (SSSR count). The lowest BCUT2D eigenvalue weighted by Gasteiger charge is -2.23. The van der Waals surface area contributed by atoms with Crippen molar-refractivity contribution in [3.8, 4) is 0 Å². The first kappa shape index (κ1) is 14.7. The number of carboxylic acid groups (broad SMARTS) is 1. The van der Waals surface area contributed by atoms with Crippen LogP contribution in [0.15, 0.2) is 18.2 Å². The molecule has 2 N–H and O–H groups in total. The van der Waals surface area contributed by atoms with Gasteiger partial charge in [-0.05, 0) is 53.6 Å². The molecule has 0 radical (unpaired) electrons. The Kier molecular flexibility index (Phi) is 3.26. The lowest BCUT2D eigenvalue weighted by molar-refractivity contribution is -0.124. The maximum Gasteiger partial charge on any atom is 0.407 e. The largest absolute Gasteiger partial charge is 0.465 e. The van der Waals surface area contributed by atoms with Crippen molar-refractivity contribution in [1.82, 2.24) is 15.1 Å². The molecular weight excluding hydrogens is 411 g/mol. The van der Waals surface area contributed by atoms with Crippen LogP contribution in [0.4, 0.5) is 10.5 Å². The summed E-state index contributed by atoms with van der Waals surface area (Å²) in [7, 11) is 0. The first-order chi connectivity index (χ1) is 11.0. The van der Waals surface area contributed by atoms with Crippen LogP contribution in [0, 0.1) is 9.12 Å². The van der Waals surface area contributed by atoms with Gasteiger partial charge in [-0.25, -0.2) is 4.79 Å². The maximum absolute atomic E-state index is 12.9. The Balaban J connectivity index is 1.64. The monoisotopic (exact) mass is 426 g/mol. The highest BCUT2D eigenvalue weighted by molar-refractivity contribution is 14.1. The number of aromatic amines is 1.